The lowest BCUT2D eigenvalue weighted by Gasteiger charge is -2.18. The summed E-state index contributed by atoms with van der Waals surface area (Å²) in [4.78, 5) is 38.2. The van der Waals surface area contributed by atoms with Gasteiger partial charge in [0.2, 0.25) is 0 Å². The minimum absolute atomic E-state index is 0.0801. The molecule has 0 spiro atoms. The Kier molecular flexibility index (Phi) is 57.3. The van der Waals surface area contributed by atoms with Crippen molar-refractivity contribution >= 4 is 17.9 Å². The Morgan fingerprint density at radius 3 is 0.861 bits per heavy atom. The van der Waals surface area contributed by atoms with Crippen LogP contribution in [0.2, 0.25) is 0 Å². The lowest BCUT2D eigenvalue weighted by atomic mass is 10.0. The Labute approximate surface area is 445 Å². The highest BCUT2D eigenvalue weighted by atomic mass is 16.6. The Hall–Kier alpha value is -3.41. The van der Waals surface area contributed by atoms with E-state index >= 15 is 0 Å². The van der Waals surface area contributed by atoms with Gasteiger partial charge in [-0.15, -0.1) is 0 Å². The van der Waals surface area contributed by atoms with E-state index in [0.29, 0.717) is 19.3 Å². The van der Waals surface area contributed by atoms with Crippen LogP contribution in [-0.4, -0.2) is 37.2 Å². The van der Waals surface area contributed by atoms with Crippen LogP contribution < -0.4 is 0 Å². The molecule has 0 rings (SSSR count). The van der Waals surface area contributed by atoms with Gasteiger partial charge in [-0.25, -0.2) is 0 Å². The number of rotatable bonds is 55. The lowest BCUT2D eigenvalue weighted by Crippen LogP contribution is -2.30. The van der Waals surface area contributed by atoms with Crippen molar-refractivity contribution in [2.45, 2.75) is 303 Å². The van der Waals surface area contributed by atoms with Crippen molar-refractivity contribution in [3.05, 3.63) is 85.1 Å². The SMILES string of the molecule is CC/C=C\C/C=C\C/C=C\C/C=C\C/C=C\CCCCCCCCCCCCCC(=O)OCC(COC(=O)CCCCCCCCCCCCC)OC(=O)CCCCCCC/C=C\C/C=C\CCCCCC. The monoisotopic (exact) mass is 1000 g/mol. The van der Waals surface area contributed by atoms with Gasteiger partial charge in [0.15, 0.2) is 6.10 Å². The molecule has 414 valence electrons. The normalized spacial score (nSPS) is 12.7. The summed E-state index contributed by atoms with van der Waals surface area (Å²) in [7, 11) is 0. The van der Waals surface area contributed by atoms with Crippen LogP contribution in [-0.2, 0) is 28.6 Å². The van der Waals surface area contributed by atoms with Crippen LogP contribution in [0.5, 0.6) is 0 Å². The zero-order valence-corrected chi connectivity index (χ0v) is 47.4. The molecule has 0 amide bonds. The predicted octanol–water partition coefficient (Wildman–Crippen LogP) is 20.7. The van der Waals surface area contributed by atoms with Gasteiger partial charge in [0, 0.05) is 19.3 Å². The first-order valence-corrected chi connectivity index (χ1v) is 30.6. The summed E-state index contributed by atoms with van der Waals surface area (Å²) >= 11 is 0. The third kappa shape index (κ3) is 57.5. The number of carbonyl (C=O) groups excluding carboxylic acids is 3. The number of unbranched alkanes of at least 4 members (excludes halogenated alkanes) is 30. The van der Waals surface area contributed by atoms with Crippen LogP contribution >= 0.6 is 0 Å². The zero-order chi connectivity index (χ0) is 52.2. The smallest absolute Gasteiger partial charge is 0.306 e. The van der Waals surface area contributed by atoms with Crippen molar-refractivity contribution in [1.82, 2.24) is 0 Å². The lowest BCUT2D eigenvalue weighted by molar-refractivity contribution is -0.167. The Balaban J connectivity index is 4.26. The number of hydrogen-bond acceptors (Lipinski definition) is 6. The molecule has 0 radical (unpaired) electrons. The molecule has 6 heteroatoms. The largest absolute Gasteiger partial charge is 0.462 e. The standard InChI is InChI=1S/C66H114O6/c1-4-7-10-13-16-19-22-24-26-28-29-30-31-32-33-34-35-36-37-38-40-41-44-47-50-53-56-59-65(68)71-62-63(61-70-64(67)58-55-52-49-46-43-21-18-15-12-9-6-3)72-66(69)60-57-54-51-48-45-42-39-27-25-23-20-17-14-11-8-5-2/h7,10,16,19-20,23-24,26-27,29-30,32-33,39,63H,4-6,8-9,11-15,17-18,21-22,25,28,31,34-38,40-62H2,1-3H3/b10-7-,19-16-,23-20-,26-24-,30-29-,33-32-,39-27-. The molecule has 1 atom stereocenters. The maximum Gasteiger partial charge on any atom is 0.306 e. The minimum atomic E-state index is -0.783. The number of esters is 3. The van der Waals surface area contributed by atoms with Crippen LogP contribution in [0.25, 0.3) is 0 Å². The van der Waals surface area contributed by atoms with Crippen molar-refractivity contribution in [3.63, 3.8) is 0 Å². The first-order chi connectivity index (χ1) is 35.5. The van der Waals surface area contributed by atoms with Crippen LogP contribution in [0.3, 0.4) is 0 Å². The molecule has 6 nitrogen and oxygen atoms in total. The maximum absolute atomic E-state index is 12.9. The maximum atomic E-state index is 12.9. The average Bonchev–Trinajstić information content (AvgIpc) is 3.38. The topological polar surface area (TPSA) is 78.9 Å². The van der Waals surface area contributed by atoms with Gasteiger partial charge in [0.25, 0.3) is 0 Å². The van der Waals surface area contributed by atoms with E-state index < -0.39 is 6.10 Å². The van der Waals surface area contributed by atoms with E-state index in [4.69, 9.17) is 14.2 Å². The second kappa shape index (κ2) is 60.1. The first kappa shape index (κ1) is 68.6. The number of allylic oxidation sites excluding steroid dienone is 14. The summed E-state index contributed by atoms with van der Waals surface area (Å²) < 4.78 is 16.9. The quantitative estimate of drug-likeness (QED) is 0.0261. The van der Waals surface area contributed by atoms with Gasteiger partial charge < -0.3 is 14.2 Å². The van der Waals surface area contributed by atoms with Crippen molar-refractivity contribution in [2.24, 2.45) is 0 Å². The molecule has 0 aromatic rings. The number of ether oxygens (including phenoxy) is 3. The number of hydrogen-bond donors (Lipinski definition) is 0. The third-order valence-electron chi connectivity index (χ3n) is 13.1. The van der Waals surface area contributed by atoms with Crippen molar-refractivity contribution in [1.29, 1.82) is 0 Å². The molecule has 0 heterocycles. The molecule has 1 unspecified atom stereocenters. The molecular formula is C66H114O6. The summed E-state index contributed by atoms with van der Waals surface area (Å²) in [5, 5.41) is 0. The molecule has 0 saturated carbocycles. The van der Waals surface area contributed by atoms with Gasteiger partial charge in [-0.3, -0.25) is 14.4 Å². The van der Waals surface area contributed by atoms with Gasteiger partial charge in [0.05, 0.1) is 0 Å². The molecule has 0 saturated heterocycles. The summed E-state index contributed by atoms with van der Waals surface area (Å²) in [5.41, 5.74) is 0. The highest BCUT2D eigenvalue weighted by Gasteiger charge is 2.19. The molecule has 0 aromatic heterocycles. The van der Waals surface area contributed by atoms with Gasteiger partial charge in [-0.1, -0.05) is 266 Å². The zero-order valence-electron chi connectivity index (χ0n) is 47.4. The molecule has 0 aromatic carbocycles. The van der Waals surface area contributed by atoms with E-state index in [0.717, 1.165) is 116 Å². The van der Waals surface area contributed by atoms with Crippen molar-refractivity contribution in [2.75, 3.05) is 13.2 Å². The predicted molar refractivity (Wildman–Crippen MR) is 311 cm³/mol. The molecule has 0 N–H and O–H groups in total. The van der Waals surface area contributed by atoms with Gasteiger partial charge in [-0.05, 0) is 96.3 Å². The van der Waals surface area contributed by atoms with E-state index in [1.807, 2.05) is 0 Å². The van der Waals surface area contributed by atoms with Crippen molar-refractivity contribution < 1.29 is 28.6 Å². The highest BCUT2D eigenvalue weighted by molar-refractivity contribution is 5.71. The summed E-state index contributed by atoms with van der Waals surface area (Å²) in [5.74, 6) is -0.889. The third-order valence-corrected chi connectivity index (χ3v) is 13.1. The van der Waals surface area contributed by atoms with E-state index in [9.17, 15) is 14.4 Å². The second-order valence-electron chi connectivity index (χ2n) is 20.2. The summed E-state index contributed by atoms with van der Waals surface area (Å²) in [6.07, 6.45) is 78.7. The fourth-order valence-corrected chi connectivity index (χ4v) is 8.56. The van der Waals surface area contributed by atoms with E-state index in [1.165, 1.54) is 141 Å². The number of carbonyl (C=O) groups is 3. The second-order valence-corrected chi connectivity index (χ2v) is 20.2. The van der Waals surface area contributed by atoms with Gasteiger partial charge >= 0.3 is 17.9 Å². The Morgan fingerprint density at radius 1 is 0.292 bits per heavy atom. The van der Waals surface area contributed by atoms with Crippen LogP contribution in [0, 0.1) is 0 Å². The van der Waals surface area contributed by atoms with Gasteiger partial charge in [-0.2, -0.15) is 0 Å². The summed E-state index contributed by atoms with van der Waals surface area (Å²) in [6.45, 7) is 6.51. The fraction of sp³-hybridized carbons (Fsp3) is 0.742. The first-order valence-electron chi connectivity index (χ1n) is 30.6. The molecule has 72 heavy (non-hydrogen) atoms. The molecule has 0 aliphatic rings. The molecule has 0 aliphatic carbocycles. The molecular weight excluding hydrogens is 889 g/mol. The molecule has 0 fully saturated rings. The average molecular weight is 1000 g/mol. The summed E-state index contributed by atoms with van der Waals surface area (Å²) in [6, 6.07) is 0. The molecule has 0 bridgehead atoms. The van der Waals surface area contributed by atoms with E-state index in [1.54, 1.807) is 0 Å². The highest BCUT2D eigenvalue weighted by Crippen LogP contribution is 2.16. The van der Waals surface area contributed by atoms with E-state index in [-0.39, 0.29) is 31.1 Å². The fourth-order valence-electron chi connectivity index (χ4n) is 8.56. The Morgan fingerprint density at radius 2 is 0.542 bits per heavy atom. The van der Waals surface area contributed by atoms with Gasteiger partial charge in [0.1, 0.15) is 13.2 Å². The van der Waals surface area contributed by atoms with Crippen LogP contribution in [0.1, 0.15) is 297 Å². The van der Waals surface area contributed by atoms with Crippen LogP contribution in [0.4, 0.5) is 0 Å². The van der Waals surface area contributed by atoms with E-state index in [2.05, 4.69) is 106 Å². The molecule has 0 aliphatic heterocycles. The van der Waals surface area contributed by atoms with Crippen molar-refractivity contribution in [3.8, 4) is 0 Å². The van der Waals surface area contributed by atoms with Crippen LogP contribution in [0.15, 0.2) is 85.1 Å². The minimum Gasteiger partial charge on any atom is -0.462 e. The Bertz CT molecular complexity index is 1380.